The van der Waals surface area contributed by atoms with E-state index in [2.05, 4.69) is 26.0 Å². The first-order valence-corrected chi connectivity index (χ1v) is 8.79. The molecule has 0 fully saturated rings. The maximum absolute atomic E-state index is 13.0. The van der Waals surface area contributed by atoms with E-state index in [1.807, 2.05) is 66.7 Å². The van der Waals surface area contributed by atoms with Crippen LogP contribution in [0.1, 0.15) is 30.5 Å². The van der Waals surface area contributed by atoms with Crippen molar-refractivity contribution in [2.45, 2.75) is 25.9 Å². The molecule has 4 rings (SSSR count). The summed E-state index contributed by atoms with van der Waals surface area (Å²) in [6.07, 6.45) is -0.357. The quantitative estimate of drug-likeness (QED) is 0.588. The average molecular weight is 343 g/mol. The van der Waals surface area contributed by atoms with Gasteiger partial charge in [0, 0.05) is 5.41 Å². The lowest BCUT2D eigenvalue weighted by atomic mass is 9.74. The molecule has 130 valence electrons. The van der Waals surface area contributed by atoms with Crippen molar-refractivity contribution in [2.24, 2.45) is 0 Å². The van der Waals surface area contributed by atoms with E-state index in [1.54, 1.807) is 4.90 Å². The predicted octanol–water partition coefficient (Wildman–Crippen LogP) is 5.80. The summed E-state index contributed by atoms with van der Waals surface area (Å²) in [6, 6.07) is 25.8. The molecule has 0 saturated carbocycles. The molecule has 0 atom stereocenters. The minimum atomic E-state index is -0.357. The summed E-state index contributed by atoms with van der Waals surface area (Å²) in [5.41, 5.74) is 4.80. The van der Waals surface area contributed by atoms with Crippen LogP contribution in [0.15, 0.2) is 78.9 Å². The number of hydrogen-bond acceptors (Lipinski definition) is 2. The molecule has 0 bridgehead atoms. The van der Waals surface area contributed by atoms with Gasteiger partial charge in [-0.2, -0.15) is 0 Å². The van der Waals surface area contributed by atoms with Crippen LogP contribution in [0.2, 0.25) is 0 Å². The second-order valence-corrected chi connectivity index (χ2v) is 7.03. The fourth-order valence-corrected chi connectivity index (χ4v) is 3.65. The minimum absolute atomic E-state index is 0.177. The van der Waals surface area contributed by atoms with Gasteiger partial charge in [0.2, 0.25) is 0 Å². The van der Waals surface area contributed by atoms with Crippen LogP contribution >= 0.6 is 0 Å². The summed E-state index contributed by atoms with van der Waals surface area (Å²) in [4.78, 5) is 14.7. The lowest BCUT2D eigenvalue weighted by Gasteiger charge is -2.40. The number of para-hydroxylation sites is 2. The van der Waals surface area contributed by atoms with Crippen molar-refractivity contribution in [3.8, 4) is 0 Å². The molecule has 3 nitrogen and oxygen atoms in total. The van der Waals surface area contributed by atoms with E-state index in [0.29, 0.717) is 0 Å². The number of carbonyl (C=O) groups is 1. The Hall–Kier alpha value is -3.07. The third kappa shape index (κ3) is 2.66. The Balaban J connectivity index is 1.73. The third-order valence-electron chi connectivity index (χ3n) is 5.02. The average Bonchev–Trinajstić information content (AvgIpc) is 2.67. The van der Waals surface area contributed by atoms with Crippen LogP contribution in [0.25, 0.3) is 0 Å². The lowest BCUT2D eigenvalue weighted by Crippen LogP contribution is -2.36. The van der Waals surface area contributed by atoms with Crippen molar-refractivity contribution >= 4 is 17.5 Å². The van der Waals surface area contributed by atoms with E-state index in [9.17, 15) is 4.79 Å². The molecular formula is C23H21NO2. The Morgan fingerprint density at radius 3 is 1.88 bits per heavy atom. The summed E-state index contributed by atoms with van der Waals surface area (Å²) in [5.74, 6) is 0. The lowest BCUT2D eigenvalue weighted by molar-refractivity contribution is 0.149. The van der Waals surface area contributed by atoms with Crippen LogP contribution in [-0.2, 0) is 16.8 Å². The van der Waals surface area contributed by atoms with Crippen LogP contribution in [-0.4, -0.2) is 6.09 Å². The zero-order valence-corrected chi connectivity index (χ0v) is 15.0. The second kappa shape index (κ2) is 6.34. The Morgan fingerprint density at radius 2 is 1.31 bits per heavy atom. The van der Waals surface area contributed by atoms with Gasteiger partial charge in [-0.1, -0.05) is 80.6 Å². The molecule has 0 spiro atoms. The van der Waals surface area contributed by atoms with E-state index in [0.717, 1.165) is 28.1 Å². The van der Waals surface area contributed by atoms with Crippen molar-refractivity contribution in [2.75, 3.05) is 4.90 Å². The Morgan fingerprint density at radius 1 is 0.808 bits per heavy atom. The molecule has 0 aromatic heterocycles. The predicted molar refractivity (Wildman–Crippen MR) is 104 cm³/mol. The highest BCUT2D eigenvalue weighted by Gasteiger charge is 2.38. The molecule has 1 aliphatic rings. The standard InChI is InChI=1S/C23H21NO2/c1-23(2)18-12-6-8-14-20(18)24(21-15-9-7-13-19(21)23)22(25)26-16-17-10-4-3-5-11-17/h3-15H,16H2,1-2H3. The number of carbonyl (C=O) groups excluding carboxylic acids is 1. The SMILES string of the molecule is CC1(C)c2ccccc2N(C(=O)OCc2ccccc2)c2ccccc21. The smallest absolute Gasteiger partial charge is 0.419 e. The molecule has 0 aliphatic carbocycles. The number of fused-ring (bicyclic) bond motifs is 2. The number of amides is 1. The summed E-state index contributed by atoms with van der Waals surface area (Å²) < 4.78 is 5.64. The van der Waals surface area contributed by atoms with E-state index in [4.69, 9.17) is 4.74 Å². The molecule has 1 heterocycles. The zero-order chi connectivity index (χ0) is 18.1. The molecule has 1 amide bonds. The number of anilines is 2. The number of rotatable bonds is 2. The van der Waals surface area contributed by atoms with Gasteiger partial charge in [-0.15, -0.1) is 0 Å². The van der Waals surface area contributed by atoms with Crippen LogP contribution < -0.4 is 4.90 Å². The van der Waals surface area contributed by atoms with E-state index < -0.39 is 0 Å². The van der Waals surface area contributed by atoms with E-state index in [1.165, 1.54) is 0 Å². The zero-order valence-electron chi connectivity index (χ0n) is 15.0. The summed E-state index contributed by atoms with van der Waals surface area (Å²) in [6.45, 7) is 4.64. The van der Waals surface area contributed by atoms with Gasteiger partial charge in [-0.05, 0) is 28.8 Å². The first-order chi connectivity index (χ1) is 12.6. The molecule has 0 radical (unpaired) electrons. The summed E-state index contributed by atoms with van der Waals surface area (Å²) in [7, 11) is 0. The van der Waals surface area contributed by atoms with Gasteiger partial charge in [0.25, 0.3) is 0 Å². The first kappa shape index (κ1) is 16.4. The maximum atomic E-state index is 13.0. The normalized spacial score (nSPS) is 14.3. The first-order valence-electron chi connectivity index (χ1n) is 8.79. The monoisotopic (exact) mass is 343 g/mol. The van der Waals surface area contributed by atoms with Crippen LogP contribution in [0.3, 0.4) is 0 Å². The molecule has 0 saturated heterocycles. The van der Waals surface area contributed by atoms with Gasteiger partial charge in [-0.25, -0.2) is 9.69 Å². The third-order valence-corrected chi connectivity index (χ3v) is 5.02. The molecule has 3 aromatic rings. The summed E-state index contributed by atoms with van der Waals surface area (Å²) >= 11 is 0. The van der Waals surface area contributed by atoms with Gasteiger partial charge < -0.3 is 4.74 Å². The number of ether oxygens (including phenoxy) is 1. The molecule has 26 heavy (non-hydrogen) atoms. The van der Waals surface area contributed by atoms with Gasteiger partial charge >= 0.3 is 6.09 Å². The summed E-state index contributed by atoms with van der Waals surface area (Å²) in [5, 5.41) is 0. The van der Waals surface area contributed by atoms with Crippen LogP contribution in [0, 0.1) is 0 Å². The Bertz CT molecular complexity index is 898. The van der Waals surface area contributed by atoms with E-state index >= 15 is 0 Å². The second-order valence-electron chi connectivity index (χ2n) is 7.03. The fraction of sp³-hybridized carbons (Fsp3) is 0.174. The van der Waals surface area contributed by atoms with Crippen molar-refractivity contribution in [1.29, 1.82) is 0 Å². The number of hydrogen-bond donors (Lipinski definition) is 0. The molecule has 1 aliphatic heterocycles. The van der Waals surface area contributed by atoms with Crippen LogP contribution in [0.4, 0.5) is 16.2 Å². The largest absolute Gasteiger partial charge is 0.444 e. The van der Waals surface area contributed by atoms with Gasteiger partial charge in [-0.3, -0.25) is 0 Å². The van der Waals surface area contributed by atoms with Crippen molar-refractivity contribution in [3.05, 3.63) is 95.6 Å². The fourth-order valence-electron chi connectivity index (χ4n) is 3.65. The minimum Gasteiger partial charge on any atom is -0.444 e. The molecule has 0 unspecified atom stereocenters. The Labute approximate surface area is 153 Å². The van der Waals surface area contributed by atoms with Crippen LogP contribution in [0.5, 0.6) is 0 Å². The highest BCUT2D eigenvalue weighted by atomic mass is 16.6. The maximum Gasteiger partial charge on any atom is 0.419 e. The molecule has 3 aromatic carbocycles. The molecule has 0 N–H and O–H groups in total. The van der Waals surface area contributed by atoms with Crippen molar-refractivity contribution in [3.63, 3.8) is 0 Å². The topological polar surface area (TPSA) is 29.5 Å². The van der Waals surface area contributed by atoms with Crippen molar-refractivity contribution in [1.82, 2.24) is 0 Å². The molecular weight excluding hydrogens is 322 g/mol. The number of benzene rings is 3. The van der Waals surface area contributed by atoms with E-state index in [-0.39, 0.29) is 18.1 Å². The Kier molecular flexibility index (Phi) is 4.00. The van der Waals surface area contributed by atoms with Gasteiger partial charge in [0.1, 0.15) is 6.61 Å². The van der Waals surface area contributed by atoms with Gasteiger partial charge in [0.15, 0.2) is 0 Å². The number of nitrogens with zero attached hydrogens (tertiary/aromatic N) is 1. The highest BCUT2D eigenvalue weighted by molar-refractivity contribution is 6.00. The van der Waals surface area contributed by atoms with Gasteiger partial charge in [0.05, 0.1) is 11.4 Å². The highest BCUT2D eigenvalue weighted by Crippen LogP contribution is 2.48. The molecule has 3 heteroatoms. The van der Waals surface area contributed by atoms with Crippen molar-refractivity contribution < 1.29 is 9.53 Å².